The number of benzene rings is 2. The van der Waals surface area contributed by atoms with Crippen LogP contribution in [0.25, 0.3) is 16.7 Å². The topological polar surface area (TPSA) is 13.1 Å². The van der Waals surface area contributed by atoms with E-state index in [2.05, 4.69) is 145 Å². The predicted octanol–water partition coefficient (Wildman–Crippen LogP) is 6.24. The number of hydrogen-bond donors (Lipinski definition) is 0. The van der Waals surface area contributed by atoms with Gasteiger partial charge in [-0.05, 0) is 34.7 Å². The summed E-state index contributed by atoms with van der Waals surface area (Å²) in [6, 6.07) is 27.9. The molecule has 4 aromatic rings. The van der Waals surface area contributed by atoms with Crippen LogP contribution >= 0.6 is 0 Å². The molecule has 0 amide bonds. The summed E-state index contributed by atoms with van der Waals surface area (Å²) in [6.45, 7) is 22.3. The molecule has 8 rings (SSSR count). The van der Waals surface area contributed by atoms with Crippen molar-refractivity contribution in [2.45, 2.75) is 75.2 Å². The Morgan fingerprint density at radius 2 is 1.55 bits per heavy atom. The van der Waals surface area contributed by atoms with Crippen LogP contribution in [-0.4, -0.2) is 3.71 Å². The van der Waals surface area contributed by atoms with Gasteiger partial charge in [-0.1, -0.05) is 138 Å². The molecule has 268 valence electrons. The quantitative estimate of drug-likeness (QED) is 0.224. The molecule has 1 nitrogen and oxygen atoms in total. The number of allylic oxidation sites excluding steroid dienone is 6. The van der Waals surface area contributed by atoms with Crippen molar-refractivity contribution in [1.29, 1.82) is 0 Å². The van der Waals surface area contributed by atoms with Gasteiger partial charge in [0.25, 0.3) is 0 Å². The number of furan rings is 1. The Hall–Kier alpha value is -2.51. The molecule has 7 atom stereocenters. The molecule has 0 saturated heterocycles. The van der Waals surface area contributed by atoms with Crippen molar-refractivity contribution >= 4 is 9.28 Å². The van der Waals surface area contributed by atoms with Crippen LogP contribution in [0.3, 0.4) is 0 Å². The van der Waals surface area contributed by atoms with Gasteiger partial charge < -0.3 is 29.2 Å². The van der Waals surface area contributed by atoms with E-state index in [4.69, 9.17) is 4.42 Å². The molecule has 7 unspecified atom stereocenters. The van der Waals surface area contributed by atoms with E-state index in [0.29, 0.717) is 29.6 Å². The van der Waals surface area contributed by atoms with Gasteiger partial charge in [-0.15, -0.1) is 24.6 Å². The van der Waals surface area contributed by atoms with Crippen molar-refractivity contribution in [2.75, 3.05) is 0 Å². The van der Waals surface area contributed by atoms with E-state index in [0.717, 1.165) is 18.4 Å². The molecule has 3 aromatic carbocycles. The number of halogens is 2. The Balaban J connectivity index is 0.000000218. The summed E-state index contributed by atoms with van der Waals surface area (Å²) < 4.78 is 7.25. The number of rotatable bonds is 3. The Morgan fingerprint density at radius 3 is 2.18 bits per heavy atom. The standard InChI is InChI=1S/C29H37.C10H9O.C8H8.2ClH.Zr/c1-16-13-14-25-26-23-12-10-9-11-22(23)15-24(26)27-19(4)17(2)18(3)21(6)29(27,8)28(25,7)20(16)5;1-8-3-2-4-10(8)9-5-6-11-7-9;1-2-8-6-4-3-5-7-8;;;/h9-14,16-18,20-21H,15H2,1-8H3;2-7H,1H3;1,3-7H,2H2;2*1H;/q2*-1;;;;+2/p-2. The maximum absolute atomic E-state index is 4.99. The van der Waals surface area contributed by atoms with Gasteiger partial charge in [-0.2, -0.15) is 17.2 Å². The van der Waals surface area contributed by atoms with Gasteiger partial charge in [0.15, 0.2) is 0 Å². The molecule has 1 aromatic heterocycles. The van der Waals surface area contributed by atoms with E-state index in [9.17, 15) is 0 Å². The zero-order valence-electron chi connectivity index (χ0n) is 31.9. The molecule has 4 aliphatic carbocycles. The summed E-state index contributed by atoms with van der Waals surface area (Å²) >= 11 is 1.51. The molecular weight excluding hydrogens is 743 g/mol. The predicted molar refractivity (Wildman–Crippen MR) is 205 cm³/mol. The fourth-order valence-corrected chi connectivity index (χ4v) is 10.4. The van der Waals surface area contributed by atoms with E-state index < -0.39 is 0 Å². The van der Waals surface area contributed by atoms with Gasteiger partial charge in [-0.3, -0.25) is 0 Å². The van der Waals surface area contributed by atoms with Crippen LogP contribution in [0, 0.1) is 53.3 Å². The van der Waals surface area contributed by atoms with Gasteiger partial charge >= 0.3 is 70.3 Å². The van der Waals surface area contributed by atoms with Crippen LogP contribution in [0.1, 0.15) is 77.6 Å². The summed E-state index contributed by atoms with van der Waals surface area (Å²) in [4.78, 5) is 0. The molecule has 1 heterocycles. The number of aryl methyl sites for hydroxylation is 1. The van der Waals surface area contributed by atoms with Crippen molar-refractivity contribution in [3.05, 3.63) is 148 Å². The fraction of sp³-hybridized carbons (Fsp3) is 0.383. The van der Waals surface area contributed by atoms with E-state index in [1.807, 2.05) is 12.1 Å². The van der Waals surface area contributed by atoms with Gasteiger partial charge in [0.1, 0.15) is 0 Å². The number of hydrogen-bond acceptors (Lipinski definition) is 1. The van der Waals surface area contributed by atoms with Crippen LogP contribution in [0.15, 0.2) is 125 Å². The first-order valence-corrected chi connectivity index (χ1v) is 19.7. The Morgan fingerprint density at radius 1 is 0.863 bits per heavy atom. The molecule has 1 saturated carbocycles. The van der Waals surface area contributed by atoms with Crippen molar-refractivity contribution in [2.24, 2.45) is 40.4 Å². The summed E-state index contributed by atoms with van der Waals surface area (Å²) in [5, 5.41) is 0. The minimum atomic E-state index is 0. The third-order valence-corrected chi connectivity index (χ3v) is 14.1. The first-order chi connectivity index (χ1) is 23.5. The summed E-state index contributed by atoms with van der Waals surface area (Å²) in [5.41, 5.74) is 15.1. The van der Waals surface area contributed by atoms with Crippen LogP contribution < -0.4 is 24.8 Å². The molecule has 0 N–H and O–H groups in total. The maximum atomic E-state index is 4.99. The SMILES string of the molecule is C[C-]1C2=C3Cc4ccccc4C3=C3C=CC(C)C(C)C3(C)C2(C)C(C)C(C)C1C.Cc1ccc[c-]1-c1ccoc1.[Cl-].[Cl-].[Zr+2]=[CH]Cc1ccccc1. The molecule has 4 aliphatic rings. The van der Waals surface area contributed by atoms with Crippen molar-refractivity contribution in [3.8, 4) is 11.1 Å². The molecule has 51 heavy (non-hydrogen) atoms. The zero-order chi connectivity index (χ0) is 35.1. The first-order valence-electron chi connectivity index (χ1n) is 18.3. The van der Waals surface area contributed by atoms with E-state index in [1.54, 1.807) is 40.7 Å². The van der Waals surface area contributed by atoms with Crippen LogP contribution in [-0.2, 0) is 37.1 Å². The zero-order valence-corrected chi connectivity index (χ0v) is 35.8. The third kappa shape index (κ3) is 7.00. The third-order valence-electron chi connectivity index (χ3n) is 13.6. The average Bonchev–Trinajstić information content (AvgIpc) is 3.87. The van der Waals surface area contributed by atoms with Crippen molar-refractivity contribution in [1.82, 2.24) is 0 Å². The average molecular weight is 797 g/mol. The molecule has 0 aliphatic heterocycles. The molecule has 4 heteroatoms. The Labute approximate surface area is 335 Å². The molecule has 0 radical (unpaired) electrons. The van der Waals surface area contributed by atoms with Crippen molar-refractivity contribution < 1.29 is 53.5 Å². The Bertz CT molecular complexity index is 1880. The Kier molecular flexibility index (Phi) is 13.5. The summed E-state index contributed by atoms with van der Waals surface area (Å²) in [6.07, 6.45) is 10.7. The van der Waals surface area contributed by atoms with E-state index >= 15 is 0 Å². The molecule has 0 bridgehead atoms. The number of fused-ring (bicyclic) bond motifs is 6. The second-order valence-corrected chi connectivity index (χ2v) is 16.5. The molecule has 0 spiro atoms. The molecule has 1 fully saturated rings. The van der Waals surface area contributed by atoms with Crippen LogP contribution in [0.5, 0.6) is 0 Å². The minimum absolute atomic E-state index is 0. The monoisotopic (exact) mass is 794 g/mol. The van der Waals surface area contributed by atoms with Gasteiger partial charge in [0.2, 0.25) is 0 Å². The van der Waals surface area contributed by atoms with Gasteiger partial charge in [0, 0.05) is 17.9 Å². The summed E-state index contributed by atoms with van der Waals surface area (Å²) in [5.74, 6) is 4.93. The van der Waals surface area contributed by atoms with E-state index in [-0.39, 0.29) is 35.6 Å². The van der Waals surface area contributed by atoms with Crippen molar-refractivity contribution in [3.63, 3.8) is 0 Å². The van der Waals surface area contributed by atoms with Crippen LogP contribution in [0.4, 0.5) is 0 Å². The normalized spacial score (nSPS) is 28.4. The van der Waals surface area contributed by atoms with Gasteiger partial charge in [-0.25, -0.2) is 5.92 Å². The summed E-state index contributed by atoms with van der Waals surface area (Å²) in [7, 11) is 0. The van der Waals surface area contributed by atoms with E-state index in [1.165, 1.54) is 52.1 Å². The fourth-order valence-electron chi connectivity index (χ4n) is 9.82. The second-order valence-electron chi connectivity index (χ2n) is 15.5. The van der Waals surface area contributed by atoms with Crippen LogP contribution in [0.2, 0.25) is 0 Å². The first kappa shape index (κ1) is 41.3. The second kappa shape index (κ2) is 16.7. The molecular formula is C47H54Cl2OZr-2. The van der Waals surface area contributed by atoms with Gasteiger partial charge in [0.05, 0.1) is 0 Å².